The van der Waals surface area contributed by atoms with E-state index in [0.717, 1.165) is 37.4 Å². The second kappa shape index (κ2) is 6.66. The first-order valence-corrected chi connectivity index (χ1v) is 5.94. The van der Waals surface area contributed by atoms with E-state index in [4.69, 9.17) is 10.5 Å². The summed E-state index contributed by atoms with van der Waals surface area (Å²) in [6, 6.07) is 0. The highest BCUT2D eigenvalue weighted by Crippen LogP contribution is 2.04. The molecule has 0 fully saturated rings. The van der Waals surface area contributed by atoms with Crippen molar-refractivity contribution in [3.05, 3.63) is 17.5 Å². The summed E-state index contributed by atoms with van der Waals surface area (Å²) in [5, 5.41) is 4.37. The molecule has 0 aliphatic heterocycles. The van der Waals surface area contributed by atoms with Gasteiger partial charge >= 0.3 is 0 Å². The predicted molar refractivity (Wildman–Crippen MR) is 65.1 cm³/mol. The van der Waals surface area contributed by atoms with Gasteiger partial charge < -0.3 is 10.5 Å². The van der Waals surface area contributed by atoms with Gasteiger partial charge in [0.25, 0.3) is 0 Å². The van der Waals surface area contributed by atoms with Gasteiger partial charge in [-0.25, -0.2) is 0 Å². The van der Waals surface area contributed by atoms with Crippen LogP contribution in [-0.2, 0) is 17.8 Å². The van der Waals surface area contributed by atoms with E-state index in [0.29, 0.717) is 12.5 Å². The van der Waals surface area contributed by atoms with Gasteiger partial charge in [-0.1, -0.05) is 13.8 Å². The lowest BCUT2D eigenvalue weighted by Crippen LogP contribution is -2.08. The summed E-state index contributed by atoms with van der Waals surface area (Å²) in [4.78, 5) is 0. The Morgan fingerprint density at radius 3 is 2.75 bits per heavy atom. The molecule has 1 rings (SSSR count). The van der Waals surface area contributed by atoms with E-state index in [-0.39, 0.29) is 0 Å². The minimum absolute atomic E-state index is 0.556. The molecule has 0 bridgehead atoms. The average molecular weight is 225 g/mol. The van der Waals surface area contributed by atoms with Gasteiger partial charge in [-0.05, 0) is 19.3 Å². The number of nitrogens with zero attached hydrogens (tertiary/aromatic N) is 2. The van der Waals surface area contributed by atoms with Crippen LogP contribution < -0.4 is 5.73 Å². The molecule has 1 heterocycles. The second-order valence-electron chi connectivity index (χ2n) is 4.50. The first-order valence-electron chi connectivity index (χ1n) is 5.94. The van der Waals surface area contributed by atoms with Crippen LogP contribution in [0.25, 0.3) is 0 Å². The van der Waals surface area contributed by atoms with Gasteiger partial charge in [0.1, 0.15) is 0 Å². The van der Waals surface area contributed by atoms with Gasteiger partial charge in [-0.15, -0.1) is 0 Å². The van der Waals surface area contributed by atoms with E-state index in [2.05, 4.69) is 18.9 Å². The maximum absolute atomic E-state index is 5.59. The van der Waals surface area contributed by atoms with Crippen molar-refractivity contribution in [3.63, 3.8) is 0 Å². The summed E-state index contributed by atoms with van der Waals surface area (Å²) in [5.41, 5.74) is 7.72. The van der Waals surface area contributed by atoms with Crippen LogP contribution in [0.1, 0.15) is 31.5 Å². The van der Waals surface area contributed by atoms with Crippen molar-refractivity contribution in [1.82, 2.24) is 9.78 Å². The van der Waals surface area contributed by atoms with E-state index in [1.807, 2.05) is 17.8 Å². The van der Waals surface area contributed by atoms with E-state index in [1.165, 1.54) is 0 Å². The summed E-state index contributed by atoms with van der Waals surface area (Å²) < 4.78 is 7.45. The molecule has 0 spiro atoms. The van der Waals surface area contributed by atoms with Crippen LogP contribution in [0, 0.1) is 12.8 Å². The molecule has 2 N–H and O–H groups in total. The van der Waals surface area contributed by atoms with E-state index in [1.54, 1.807) is 0 Å². The molecule has 1 aromatic heterocycles. The van der Waals surface area contributed by atoms with Gasteiger partial charge in [-0.3, -0.25) is 4.68 Å². The first-order chi connectivity index (χ1) is 7.63. The smallest absolute Gasteiger partial charge is 0.0662 e. The number of hydrogen-bond donors (Lipinski definition) is 1. The van der Waals surface area contributed by atoms with Crippen LogP contribution in [0.2, 0.25) is 0 Å². The van der Waals surface area contributed by atoms with Crippen molar-refractivity contribution in [2.24, 2.45) is 11.7 Å². The van der Waals surface area contributed by atoms with Gasteiger partial charge in [0.05, 0.1) is 18.8 Å². The van der Waals surface area contributed by atoms with Gasteiger partial charge in [-0.2, -0.15) is 5.10 Å². The average Bonchev–Trinajstić information content (AvgIpc) is 2.58. The first kappa shape index (κ1) is 13.2. The lowest BCUT2D eigenvalue weighted by Gasteiger charge is -2.06. The summed E-state index contributed by atoms with van der Waals surface area (Å²) in [5.74, 6) is 0.704. The maximum atomic E-state index is 5.59. The summed E-state index contributed by atoms with van der Waals surface area (Å²) in [6.07, 6.45) is 3.12. The fraction of sp³-hybridized carbons (Fsp3) is 0.750. The quantitative estimate of drug-likeness (QED) is 0.719. The van der Waals surface area contributed by atoms with E-state index in [9.17, 15) is 0 Å². The van der Waals surface area contributed by atoms with Crippen LogP contribution in [0.4, 0.5) is 0 Å². The highest BCUT2D eigenvalue weighted by Gasteiger charge is 2.02. The summed E-state index contributed by atoms with van der Waals surface area (Å²) in [7, 11) is 0. The molecule has 0 aliphatic rings. The molecule has 0 atom stereocenters. The molecule has 92 valence electrons. The lowest BCUT2D eigenvalue weighted by molar-refractivity contribution is 0.114. The molecule has 4 heteroatoms. The highest BCUT2D eigenvalue weighted by molar-refractivity contribution is 5.14. The Morgan fingerprint density at radius 1 is 1.44 bits per heavy atom. The Morgan fingerprint density at radius 2 is 2.19 bits per heavy atom. The molecular formula is C12H23N3O. The number of nitrogens with two attached hydrogens (primary N) is 1. The van der Waals surface area contributed by atoms with Crippen LogP contribution in [0.5, 0.6) is 0 Å². The molecule has 16 heavy (non-hydrogen) atoms. The fourth-order valence-corrected chi connectivity index (χ4v) is 1.45. The number of hydrogen-bond acceptors (Lipinski definition) is 3. The van der Waals surface area contributed by atoms with E-state index >= 15 is 0 Å². The van der Waals surface area contributed by atoms with Crippen molar-refractivity contribution >= 4 is 0 Å². The topological polar surface area (TPSA) is 53.1 Å². The number of rotatable bonds is 7. The minimum Gasteiger partial charge on any atom is -0.380 e. The van der Waals surface area contributed by atoms with Crippen molar-refractivity contribution in [1.29, 1.82) is 0 Å². The predicted octanol–water partition coefficient (Wildman–Crippen LogP) is 1.71. The lowest BCUT2D eigenvalue weighted by atomic mass is 10.1. The SMILES string of the molecule is Cc1nn(CCOCCC(C)C)cc1CN. The van der Waals surface area contributed by atoms with Crippen molar-refractivity contribution in [2.45, 2.75) is 40.3 Å². The van der Waals surface area contributed by atoms with Crippen molar-refractivity contribution in [2.75, 3.05) is 13.2 Å². The zero-order chi connectivity index (χ0) is 12.0. The number of aryl methyl sites for hydroxylation is 1. The van der Waals surface area contributed by atoms with E-state index < -0.39 is 0 Å². The number of ether oxygens (including phenoxy) is 1. The Kier molecular flexibility index (Phi) is 5.49. The van der Waals surface area contributed by atoms with Crippen LogP contribution in [0.15, 0.2) is 6.20 Å². The Labute approximate surface area is 97.8 Å². The molecule has 0 saturated carbocycles. The molecule has 1 aromatic rings. The molecular weight excluding hydrogens is 202 g/mol. The van der Waals surface area contributed by atoms with Crippen molar-refractivity contribution in [3.8, 4) is 0 Å². The Balaban J connectivity index is 2.21. The van der Waals surface area contributed by atoms with Gasteiger partial charge in [0.15, 0.2) is 0 Å². The molecule has 0 amide bonds. The Bertz CT molecular complexity index is 307. The third kappa shape index (κ3) is 4.33. The molecule has 4 nitrogen and oxygen atoms in total. The Hall–Kier alpha value is -0.870. The molecule has 0 aromatic carbocycles. The third-order valence-corrected chi connectivity index (χ3v) is 2.57. The normalized spacial score (nSPS) is 11.3. The fourth-order valence-electron chi connectivity index (χ4n) is 1.45. The standard InChI is InChI=1S/C12H23N3O/c1-10(2)4-6-16-7-5-15-9-12(8-13)11(3)14-15/h9-10H,4-8,13H2,1-3H3. The monoisotopic (exact) mass is 225 g/mol. The molecule has 0 saturated heterocycles. The molecule has 0 unspecified atom stereocenters. The highest BCUT2D eigenvalue weighted by atomic mass is 16.5. The van der Waals surface area contributed by atoms with Crippen LogP contribution >= 0.6 is 0 Å². The van der Waals surface area contributed by atoms with Gasteiger partial charge in [0.2, 0.25) is 0 Å². The summed E-state index contributed by atoms with van der Waals surface area (Å²) in [6.45, 7) is 9.30. The zero-order valence-corrected chi connectivity index (χ0v) is 10.6. The third-order valence-electron chi connectivity index (χ3n) is 2.57. The summed E-state index contributed by atoms with van der Waals surface area (Å²) >= 11 is 0. The van der Waals surface area contributed by atoms with Gasteiger partial charge in [0, 0.05) is 24.9 Å². The molecule has 0 aliphatic carbocycles. The number of aromatic nitrogens is 2. The minimum atomic E-state index is 0.556. The van der Waals surface area contributed by atoms with Crippen molar-refractivity contribution < 1.29 is 4.74 Å². The van der Waals surface area contributed by atoms with Crippen LogP contribution in [-0.4, -0.2) is 23.0 Å². The largest absolute Gasteiger partial charge is 0.380 e. The van der Waals surface area contributed by atoms with Crippen LogP contribution in [0.3, 0.4) is 0 Å². The zero-order valence-electron chi connectivity index (χ0n) is 10.6. The maximum Gasteiger partial charge on any atom is 0.0662 e. The molecule has 0 radical (unpaired) electrons. The second-order valence-corrected chi connectivity index (χ2v) is 4.50.